The van der Waals surface area contributed by atoms with Crippen molar-refractivity contribution in [3.63, 3.8) is 0 Å². The van der Waals surface area contributed by atoms with Gasteiger partial charge in [-0.25, -0.2) is 9.59 Å². The third-order valence-corrected chi connectivity index (χ3v) is 5.15. The average Bonchev–Trinajstić information content (AvgIpc) is 3.23. The minimum Gasteiger partial charge on any atom is -0.462 e. The third-order valence-electron chi connectivity index (χ3n) is 3.96. The van der Waals surface area contributed by atoms with Crippen molar-refractivity contribution in [2.75, 3.05) is 18.5 Å². The summed E-state index contributed by atoms with van der Waals surface area (Å²) in [4.78, 5) is 37.5. The number of nitrogens with one attached hydrogen (secondary N) is 1. The average molecular weight is 401 g/mol. The van der Waals surface area contributed by atoms with Crippen molar-refractivity contribution >= 4 is 45.2 Å². The number of carbonyl (C=O) groups excluding carboxylic acids is 3. The molecule has 0 spiro atoms. The highest BCUT2D eigenvalue weighted by atomic mass is 32.1. The van der Waals surface area contributed by atoms with Crippen LogP contribution >= 0.6 is 11.3 Å². The lowest BCUT2D eigenvalue weighted by Crippen LogP contribution is -2.14. The summed E-state index contributed by atoms with van der Waals surface area (Å²) in [5.74, 6) is -1.61. The van der Waals surface area contributed by atoms with Crippen LogP contribution in [-0.4, -0.2) is 31.1 Å². The third kappa shape index (κ3) is 3.77. The zero-order valence-corrected chi connectivity index (χ0v) is 16.5. The van der Waals surface area contributed by atoms with Gasteiger partial charge < -0.3 is 19.2 Å². The van der Waals surface area contributed by atoms with E-state index in [0.717, 1.165) is 16.7 Å². The molecule has 0 radical (unpaired) electrons. The lowest BCUT2D eigenvalue weighted by Gasteiger charge is -2.06. The van der Waals surface area contributed by atoms with E-state index in [-0.39, 0.29) is 34.4 Å². The number of para-hydroxylation sites is 1. The molecule has 0 atom stereocenters. The summed E-state index contributed by atoms with van der Waals surface area (Å²) in [6, 6.07) is 8.84. The van der Waals surface area contributed by atoms with Crippen molar-refractivity contribution in [1.82, 2.24) is 0 Å². The largest absolute Gasteiger partial charge is 0.462 e. The zero-order valence-electron chi connectivity index (χ0n) is 15.7. The molecule has 1 amide bonds. The molecule has 2 heterocycles. The van der Waals surface area contributed by atoms with Crippen LogP contribution in [0.4, 0.5) is 5.00 Å². The molecule has 0 bridgehead atoms. The standard InChI is InChI=1S/C20H19NO6S/c1-4-25-19(23)15-11(3)16(20(24)26-5-2)28-18(15)21-17(22)14-10-12-8-6-7-9-13(12)27-14/h6-10H,4-5H2,1-3H3,(H,21,22). The number of ether oxygens (including phenoxy) is 2. The maximum atomic E-state index is 12.7. The molecule has 0 aliphatic rings. The lowest BCUT2D eigenvalue weighted by molar-refractivity contribution is 0.0527. The first kappa shape index (κ1) is 19.6. The zero-order chi connectivity index (χ0) is 20.3. The van der Waals surface area contributed by atoms with E-state index in [9.17, 15) is 14.4 Å². The van der Waals surface area contributed by atoms with Gasteiger partial charge in [0.05, 0.1) is 18.8 Å². The molecule has 0 saturated carbocycles. The molecule has 1 N–H and O–H groups in total. The molecule has 28 heavy (non-hydrogen) atoms. The molecule has 0 unspecified atom stereocenters. The molecular formula is C20H19NO6S. The van der Waals surface area contributed by atoms with Crippen molar-refractivity contribution in [3.8, 4) is 0 Å². The Balaban J connectivity index is 1.96. The molecule has 8 heteroatoms. The smallest absolute Gasteiger partial charge is 0.348 e. The number of anilines is 1. The van der Waals surface area contributed by atoms with Crippen LogP contribution in [0.2, 0.25) is 0 Å². The second kappa shape index (κ2) is 8.26. The Bertz CT molecular complexity index is 1020. The Morgan fingerprint density at radius 1 is 1.07 bits per heavy atom. The van der Waals surface area contributed by atoms with Crippen LogP contribution in [0, 0.1) is 6.92 Å². The van der Waals surface area contributed by atoms with Crippen LogP contribution in [0.15, 0.2) is 34.7 Å². The Hall–Kier alpha value is -3.13. The lowest BCUT2D eigenvalue weighted by atomic mass is 10.1. The molecule has 146 valence electrons. The molecule has 0 saturated heterocycles. The van der Waals surface area contributed by atoms with Gasteiger partial charge in [-0.1, -0.05) is 18.2 Å². The van der Waals surface area contributed by atoms with Gasteiger partial charge >= 0.3 is 11.9 Å². The number of furan rings is 1. The van der Waals surface area contributed by atoms with E-state index in [1.165, 1.54) is 0 Å². The predicted molar refractivity (Wildman–Crippen MR) is 105 cm³/mol. The van der Waals surface area contributed by atoms with E-state index < -0.39 is 17.8 Å². The van der Waals surface area contributed by atoms with Crippen molar-refractivity contribution in [3.05, 3.63) is 52.1 Å². The summed E-state index contributed by atoms with van der Waals surface area (Å²) >= 11 is 0.969. The van der Waals surface area contributed by atoms with E-state index in [1.54, 1.807) is 39.0 Å². The monoisotopic (exact) mass is 401 g/mol. The number of fused-ring (bicyclic) bond motifs is 1. The Morgan fingerprint density at radius 3 is 2.43 bits per heavy atom. The topological polar surface area (TPSA) is 94.8 Å². The SMILES string of the molecule is CCOC(=O)c1sc(NC(=O)c2cc3ccccc3o2)c(C(=O)OCC)c1C. The fourth-order valence-corrected chi connectivity index (χ4v) is 3.78. The van der Waals surface area contributed by atoms with E-state index in [4.69, 9.17) is 13.9 Å². The minimum absolute atomic E-state index is 0.0970. The number of esters is 2. The van der Waals surface area contributed by atoms with Gasteiger partial charge in [0.2, 0.25) is 0 Å². The van der Waals surface area contributed by atoms with Gasteiger partial charge in [-0.05, 0) is 38.5 Å². The molecular weight excluding hydrogens is 382 g/mol. The highest BCUT2D eigenvalue weighted by Crippen LogP contribution is 2.35. The van der Waals surface area contributed by atoms with Gasteiger partial charge in [-0.3, -0.25) is 4.79 Å². The molecule has 1 aromatic carbocycles. The number of amides is 1. The van der Waals surface area contributed by atoms with Crippen LogP contribution in [0.3, 0.4) is 0 Å². The van der Waals surface area contributed by atoms with Crippen LogP contribution in [-0.2, 0) is 9.47 Å². The number of benzene rings is 1. The molecule has 0 aliphatic heterocycles. The maximum Gasteiger partial charge on any atom is 0.348 e. The molecule has 3 rings (SSSR count). The summed E-state index contributed by atoms with van der Waals surface area (Å²) in [5.41, 5.74) is 1.12. The van der Waals surface area contributed by atoms with Gasteiger partial charge in [0.1, 0.15) is 15.5 Å². The van der Waals surface area contributed by atoms with Gasteiger partial charge in [-0.2, -0.15) is 0 Å². The van der Waals surface area contributed by atoms with Crippen LogP contribution in [0.1, 0.15) is 50.0 Å². The number of carbonyl (C=O) groups is 3. The number of hydrogen-bond acceptors (Lipinski definition) is 7. The summed E-state index contributed by atoms with van der Waals surface area (Å²) in [7, 11) is 0. The maximum absolute atomic E-state index is 12.7. The number of thiophene rings is 1. The summed E-state index contributed by atoms with van der Waals surface area (Å²) in [5, 5.41) is 3.66. The molecule has 7 nitrogen and oxygen atoms in total. The molecule has 2 aromatic heterocycles. The van der Waals surface area contributed by atoms with Crippen LogP contribution in [0.25, 0.3) is 11.0 Å². The van der Waals surface area contributed by atoms with E-state index >= 15 is 0 Å². The number of hydrogen-bond donors (Lipinski definition) is 1. The fourth-order valence-electron chi connectivity index (χ4n) is 2.70. The quantitative estimate of drug-likeness (QED) is 0.615. The summed E-state index contributed by atoms with van der Waals surface area (Å²) in [6.45, 7) is 5.35. The second-order valence-electron chi connectivity index (χ2n) is 5.80. The van der Waals surface area contributed by atoms with Gasteiger partial charge in [0.25, 0.3) is 5.91 Å². The van der Waals surface area contributed by atoms with E-state index in [1.807, 2.05) is 12.1 Å². The van der Waals surface area contributed by atoms with Gasteiger partial charge in [0.15, 0.2) is 5.76 Å². The highest BCUT2D eigenvalue weighted by Gasteiger charge is 2.28. The summed E-state index contributed by atoms with van der Waals surface area (Å²) in [6.07, 6.45) is 0. The molecule has 0 fully saturated rings. The van der Waals surface area contributed by atoms with E-state index in [2.05, 4.69) is 5.32 Å². The van der Waals surface area contributed by atoms with Gasteiger partial charge in [-0.15, -0.1) is 11.3 Å². The first-order valence-corrected chi connectivity index (χ1v) is 9.55. The molecule has 3 aromatic rings. The predicted octanol–water partition coefficient (Wildman–Crippen LogP) is 4.41. The van der Waals surface area contributed by atoms with Crippen molar-refractivity contribution in [2.45, 2.75) is 20.8 Å². The Morgan fingerprint density at radius 2 is 1.75 bits per heavy atom. The minimum atomic E-state index is -0.619. The van der Waals surface area contributed by atoms with Crippen molar-refractivity contribution in [2.24, 2.45) is 0 Å². The van der Waals surface area contributed by atoms with Crippen LogP contribution in [0.5, 0.6) is 0 Å². The second-order valence-corrected chi connectivity index (χ2v) is 6.82. The van der Waals surface area contributed by atoms with Gasteiger partial charge in [0, 0.05) is 5.39 Å². The first-order chi connectivity index (χ1) is 13.5. The van der Waals surface area contributed by atoms with E-state index in [0.29, 0.717) is 11.1 Å². The van der Waals surface area contributed by atoms with Crippen LogP contribution < -0.4 is 5.32 Å². The summed E-state index contributed by atoms with van der Waals surface area (Å²) < 4.78 is 15.7. The normalized spacial score (nSPS) is 10.7. The van der Waals surface area contributed by atoms with Crippen molar-refractivity contribution in [1.29, 1.82) is 0 Å². The molecule has 0 aliphatic carbocycles. The number of rotatable bonds is 6. The highest BCUT2D eigenvalue weighted by molar-refractivity contribution is 7.18. The first-order valence-electron chi connectivity index (χ1n) is 8.73. The Labute approximate surface area is 165 Å². The Kier molecular flexibility index (Phi) is 5.79. The fraction of sp³-hybridized carbons (Fsp3) is 0.250. The van der Waals surface area contributed by atoms with Crippen molar-refractivity contribution < 1.29 is 28.3 Å².